The molecule has 1 aliphatic heterocycles. The summed E-state index contributed by atoms with van der Waals surface area (Å²) in [6.07, 6.45) is 8.67. The Hall–Kier alpha value is -1.52. The fraction of sp³-hybridized carbons (Fsp3) is 0.733. The predicted molar refractivity (Wildman–Crippen MR) is 76.5 cm³/mol. The summed E-state index contributed by atoms with van der Waals surface area (Å²) in [6, 6.07) is -0.00243. The monoisotopic (exact) mass is 280 g/mol. The lowest BCUT2D eigenvalue weighted by molar-refractivity contribution is -0.138. The lowest BCUT2D eigenvalue weighted by Gasteiger charge is -2.31. The normalized spacial score (nSPS) is 19.8. The maximum atomic E-state index is 12.0. The molecule has 0 aromatic carbocycles. The highest BCUT2D eigenvalue weighted by atomic mass is 16.4. The molecular weight excluding hydrogens is 256 g/mol. The molecule has 2 aliphatic rings. The SMILES string of the molecule is O=C(O)CC1CCN(C(=O)NCCC2=CCCC2)CC1. The Morgan fingerprint density at radius 2 is 2.10 bits per heavy atom. The minimum absolute atomic E-state index is 0.00243. The maximum absolute atomic E-state index is 12.0. The first kappa shape index (κ1) is 14.9. The first-order valence-electron chi connectivity index (χ1n) is 7.57. The number of piperidine rings is 1. The van der Waals surface area contributed by atoms with Crippen LogP contribution < -0.4 is 5.32 Å². The fourth-order valence-corrected chi connectivity index (χ4v) is 2.99. The van der Waals surface area contributed by atoms with Gasteiger partial charge in [-0.1, -0.05) is 11.6 Å². The molecule has 1 aliphatic carbocycles. The fourth-order valence-electron chi connectivity index (χ4n) is 2.99. The number of carbonyl (C=O) groups is 2. The van der Waals surface area contributed by atoms with Crippen LogP contribution in [0.3, 0.4) is 0 Å². The Balaban J connectivity index is 1.62. The molecule has 0 bridgehead atoms. The third-order valence-corrected chi connectivity index (χ3v) is 4.22. The van der Waals surface area contributed by atoms with E-state index in [0.717, 1.165) is 19.3 Å². The third-order valence-electron chi connectivity index (χ3n) is 4.22. The average molecular weight is 280 g/mol. The number of nitrogens with one attached hydrogen (secondary N) is 1. The molecule has 0 atom stereocenters. The van der Waals surface area contributed by atoms with Gasteiger partial charge >= 0.3 is 12.0 Å². The van der Waals surface area contributed by atoms with Crippen LogP contribution in [0.5, 0.6) is 0 Å². The molecule has 1 heterocycles. The molecule has 5 nitrogen and oxygen atoms in total. The van der Waals surface area contributed by atoms with E-state index in [0.29, 0.717) is 19.6 Å². The molecule has 20 heavy (non-hydrogen) atoms. The number of amides is 2. The van der Waals surface area contributed by atoms with Gasteiger partial charge in [0.1, 0.15) is 0 Å². The predicted octanol–water partition coefficient (Wildman–Crippen LogP) is 2.38. The second-order valence-electron chi connectivity index (χ2n) is 5.76. The summed E-state index contributed by atoms with van der Waals surface area (Å²) in [4.78, 5) is 24.4. The molecule has 1 fully saturated rings. The summed E-state index contributed by atoms with van der Waals surface area (Å²) < 4.78 is 0. The molecule has 112 valence electrons. The Morgan fingerprint density at radius 3 is 2.70 bits per heavy atom. The number of rotatable bonds is 5. The standard InChI is InChI=1S/C15H24N2O3/c18-14(19)11-13-6-9-17(10-7-13)15(20)16-8-5-12-3-1-2-4-12/h3,13H,1-2,4-11H2,(H,16,20)(H,18,19). The van der Waals surface area contributed by atoms with Crippen molar-refractivity contribution in [3.05, 3.63) is 11.6 Å². The van der Waals surface area contributed by atoms with E-state index in [1.165, 1.54) is 24.8 Å². The number of nitrogens with zero attached hydrogens (tertiary/aromatic N) is 1. The molecule has 0 saturated carbocycles. The van der Waals surface area contributed by atoms with Crippen molar-refractivity contribution in [3.8, 4) is 0 Å². The van der Waals surface area contributed by atoms with Gasteiger partial charge in [0, 0.05) is 26.1 Å². The number of hydrogen-bond donors (Lipinski definition) is 2. The molecule has 5 heteroatoms. The lowest BCUT2D eigenvalue weighted by Crippen LogP contribution is -2.44. The highest BCUT2D eigenvalue weighted by molar-refractivity contribution is 5.74. The molecule has 0 radical (unpaired) electrons. The van der Waals surface area contributed by atoms with Gasteiger partial charge in [0.05, 0.1) is 0 Å². The van der Waals surface area contributed by atoms with Crippen molar-refractivity contribution in [2.75, 3.05) is 19.6 Å². The van der Waals surface area contributed by atoms with Crippen molar-refractivity contribution in [3.63, 3.8) is 0 Å². The zero-order chi connectivity index (χ0) is 14.4. The molecule has 1 saturated heterocycles. The van der Waals surface area contributed by atoms with Crippen LogP contribution >= 0.6 is 0 Å². The van der Waals surface area contributed by atoms with Crippen LogP contribution in [-0.2, 0) is 4.79 Å². The Kier molecular flexibility index (Phi) is 5.44. The number of carboxylic acid groups (broad SMARTS) is 1. The smallest absolute Gasteiger partial charge is 0.317 e. The van der Waals surface area contributed by atoms with E-state index >= 15 is 0 Å². The molecule has 2 rings (SSSR count). The topological polar surface area (TPSA) is 69.6 Å². The number of urea groups is 1. The van der Waals surface area contributed by atoms with Crippen LogP contribution in [0, 0.1) is 5.92 Å². The lowest BCUT2D eigenvalue weighted by atomic mass is 9.94. The van der Waals surface area contributed by atoms with Crippen molar-refractivity contribution < 1.29 is 14.7 Å². The quantitative estimate of drug-likeness (QED) is 0.760. The maximum Gasteiger partial charge on any atom is 0.317 e. The molecule has 0 aromatic heterocycles. The van der Waals surface area contributed by atoms with Crippen LogP contribution in [0.25, 0.3) is 0 Å². The average Bonchev–Trinajstić information content (AvgIpc) is 2.92. The number of likely N-dealkylation sites (tertiary alicyclic amines) is 1. The first-order valence-corrected chi connectivity index (χ1v) is 7.57. The Morgan fingerprint density at radius 1 is 1.35 bits per heavy atom. The van der Waals surface area contributed by atoms with E-state index in [2.05, 4.69) is 11.4 Å². The highest BCUT2D eigenvalue weighted by Gasteiger charge is 2.24. The van der Waals surface area contributed by atoms with Crippen LogP contribution in [0.1, 0.15) is 44.9 Å². The van der Waals surface area contributed by atoms with Crippen LogP contribution in [0.4, 0.5) is 4.79 Å². The van der Waals surface area contributed by atoms with E-state index < -0.39 is 5.97 Å². The van der Waals surface area contributed by atoms with E-state index in [4.69, 9.17) is 5.11 Å². The zero-order valence-electron chi connectivity index (χ0n) is 11.9. The number of carbonyl (C=O) groups excluding carboxylic acids is 1. The van der Waals surface area contributed by atoms with Gasteiger partial charge in [0.25, 0.3) is 0 Å². The summed E-state index contributed by atoms with van der Waals surface area (Å²) >= 11 is 0. The molecule has 0 unspecified atom stereocenters. The molecular formula is C15H24N2O3. The summed E-state index contributed by atoms with van der Waals surface area (Å²) in [6.45, 7) is 2.05. The third kappa shape index (κ3) is 4.54. The second kappa shape index (κ2) is 7.31. The minimum Gasteiger partial charge on any atom is -0.481 e. The summed E-state index contributed by atoms with van der Waals surface area (Å²) in [5.41, 5.74) is 1.46. The van der Waals surface area contributed by atoms with Crippen LogP contribution in [-0.4, -0.2) is 41.6 Å². The molecule has 0 spiro atoms. The number of carboxylic acids is 1. The summed E-state index contributed by atoms with van der Waals surface area (Å²) in [7, 11) is 0. The molecule has 0 aromatic rings. The first-order chi connectivity index (χ1) is 9.65. The highest BCUT2D eigenvalue weighted by Crippen LogP contribution is 2.21. The molecule has 2 N–H and O–H groups in total. The van der Waals surface area contributed by atoms with E-state index in [-0.39, 0.29) is 18.4 Å². The van der Waals surface area contributed by atoms with Gasteiger partial charge in [0.15, 0.2) is 0 Å². The van der Waals surface area contributed by atoms with E-state index in [9.17, 15) is 9.59 Å². The van der Waals surface area contributed by atoms with E-state index in [1.807, 2.05) is 0 Å². The number of aliphatic carboxylic acids is 1. The van der Waals surface area contributed by atoms with Gasteiger partial charge in [0.2, 0.25) is 0 Å². The van der Waals surface area contributed by atoms with Gasteiger partial charge in [-0.2, -0.15) is 0 Å². The number of hydrogen-bond acceptors (Lipinski definition) is 2. The van der Waals surface area contributed by atoms with Gasteiger partial charge in [-0.15, -0.1) is 0 Å². The molecule has 2 amide bonds. The van der Waals surface area contributed by atoms with Crippen molar-refractivity contribution in [2.24, 2.45) is 5.92 Å². The van der Waals surface area contributed by atoms with Crippen LogP contribution in [0.15, 0.2) is 11.6 Å². The summed E-state index contributed by atoms with van der Waals surface area (Å²) in [5.74, 6) is -0.516. The Bertz CT molecular complexity index is 385. The van der Waals surface area contributed by atoms with Gasteiger partial charge in [-0.25, -0.2) is 4.79 Å². The number of allylic oxidation sites excluding steroid dienone is 1. The van der Waals surface area contributed by atoms with Gasteiger partial charge in [-0.3, -0.25) is 4.79 Å². The van der Waals surface area contributed by atoms with Gasteiger partial charge in [-0.05, 0) is 44.4 Å². The minimum atomic E-state index is -0.738. The second-order valence-corrected chi connectivity index (χ2v) is 5.76. The largest absolute Gasteiger partial charge is 0.481 e. The Labute approximate surface area is 120 Å². The van der Waals surface area contributed by atoms with Crippen molar-refractivity contribution in [1.29, 1.82) is 0 Å². The zero-order valence-corrected chi connectivity index (χ0v) is 11.9. The van der Waals surface area contributed by atoms with Crippen molar-refractivity contribution in [1.82, 2.24) is 10.2 Å². The van der Waals surface area contributed by atoms with Crippen molar-refractivity contribution in [2.45, 2.75) is 44.9 Å². The summed E-state index contributed by atoms with van der Waals surface area (Å²) in [5, 5.41) is 11.7. The van der Waals surface area contributed by atoms with E-state index in [1.54, 1.807) is 4.90 Å². The van der Waals surface area contributed by atoms with Crippen molar-refractivity contribution >= 4 is 12.0 Å². The van der Waals surface area contributed by atoms with Gasteiger partial charge < -0.3 is 15.3 Å². The van der Waals surface area contributed by atoms with Crippen LogP contribution in [0.2, 0.25) is 0 Å².